The number of aromatic nitrogens is 2. The predicted octanol–water partition coefficient (Wildman–Crippen LogP) is 4.79. The summed E-state index contributed by atoms with van der Waals surface area (Å²) in [5.41, 5.74) is 2.59. The minimum absolute atomic E-state index is 0.0765. The first kappa shape index (κ1) is 17.9. The van der Waals surface area contributed by atoms with E-state index in [-0.39, 0.29) is 17.8 Å². The Hall–Kier alpha value is -3.19. The van der Waals surface area contributed by atoms with E-state index in [1.165, 1.54) is 23.5 Å². The smallest absolute Gasteiger partial charge is 0.261 e. The second-order valence-electron chi connectivity index (χ2n) is 7.00. The highest BCUT2D eigenvalue weighted by Gasteiger charge is 2.24. The molecule has 0 aliphatic carbocycles. The maximum atomic E-state index is 13.3. The number of aryl methyl sites for hydroxylation is 1. The molecule has 0 bridgehead atoms. The molecule has 1 aliphatic rings. The number of hydrogen-bond donors (Lipinski definition) is 1. The summed E-state index contributed by atoms with van der Waals surface area (Å²) in [5, 5.41) is 8.62. The Kier molecular flexibility index (Phi) is 4.32. The van der Waals surface area contributed by atoms with Crippen molar-refractivity contribution in [2.45, 2.75) is 19.4 Å². The minimum Gasteiger partial charge on any atom is -0.493 e. The largest absolute Gasteiger partial charge is 0.493 e. The molecule has 2 aromatic heterocycles. The van der Waals surface area contributed by atoms with Crippen LogP contribution in [0.2, 0.25) is 0 Å². The van der Waals surface area contributed by atoms with Crippen LogP contribution in [0.25, 0.3) is 15.9 Å². The average molecular weight is 407 g/mol. The van der Waals surface area contributed by atoms with Gasteiger partial charge in [-0.3, -0.25) is 4.79 Å². The van der Waals surface area contributed by atoms with Crippen molar-refractivity contribution in [2.75, 3.05) is 6.61 Å². The fourth-order valence-electron chi connectivity index (χ4n) is 3.64. The first-order valence-electron chi connectivity index (χ1n) is 9.38. The average Bonchev–Trinajstić information content (AvgIpc) is 3.30. The summed E-state index contributed by atoms with van der Waals surface area (Å²) in [5.74, 6) is 0.415. The van der Waals surface area contributed by atoms with Gasteiger partial charge in [0, 0.05) is 17.4 Å². The van der Waals surface area contributed by atoms with Crippen LogP contribution in [0.3, 0.4) is 0 Å². The van der Waals surface area contributed by atoms with Crippen molar-refractivity contribution in [3.8, 4) is 11.4 Å². The van der Waals surface area contributed by atoms with Crippen molar-refractivity contribution >= 4 is 27.5 Å². The SMILES string of the molecule is Cc1nn(-c2ccc(F)cc2)c2sc(C(=O)NC3CCOc4ccccc43)cc12. The summed E-state index contributed by atoms with van der Waals surface area (Å²) in [4.78, 5) is 14.5. The van der Waals surface area contributed by atoms with E-state index in [4.69, 9.17) is 4.74 Å². The predicted molar refractivity (Wildman–Crippen MR) is 110 cm³/mol. The number of fused-ring (bicyclic) bond motifs is 2. The number of ether oxygens (including phenoxy) is 1. The molecule has 1 amide bonds. The van der Waals surface area contributed by atoms with Gasteiger partial charge in [0.25, 0.3) is 5.91 Å². The van der Waals surface area contributed by atoms with Crippen LogP contribution in [-0.2, 0) is 0 Å². The van der Waals surface area contributed by atoms with Crippen LogP contribution in [0.15, 0.2) is 54.6 Å². The third-order valence-corrected chi connectivity index (χ3v) is 6.21. The van der Waals surface area contributed by atoms with Crippen LogP contribution >= 0.6 is 11.3 Å². The van der Waals surface area contributed by atoms with Crippen molar-refractivity contribution in [2.24, 2.45) is 0 Å². The lowest BCUT2D eigenvalue weighted by molar-refractivity contribution is 0.0929. The number of hydrogen-bond acceptors (Lipinski definition) is 4. The fourth-order valence-corrected chi connectivity index (χ4v) is 4.72. The molecule has 3 heterocycles. The Morgan fingerprint density at radius 2 is 2.03 bits per heavy atom. The molecule has 0 fully saturated rings. The van der Waals surface area contributed by atoms with E-state index in [0.717, 1.165) is 39.3 Å². The Balaban J connectivity index is 1.46. The molecule has 1 aliphatic heterocycles. The normalized spacial score (nSPS) is 15.7. The van der Waals surface area contributed by atoms with E-state index in [1.807, 2.05) is 37.3 Å². The molecule has 4 aromatic rings. The summed E-state index contributed by atoms with van der Waals surface area (Å²) in [6.07, 6.45) is 0.732. The van der Waals surface area contributed by atoms with Gasteiger partial charge in [0.05, 0.1) is 28.9 Å². The van der Waals surface area contributed by atoms with E-state index in [1.54, 1.807) is 16.8 Å². The second kappa shape index (κ2) is 7.00. The van der Waals surface area contributed by atoms with Gasteiger partial charge < -0.3 is 10.1 Å². The van der Waals surface area contributed by atoms with Gasteiger partial charge >= 0.3 is 0 Å². The van der Waals surface area contributed by atoms with E-state index in [2.05, 4.69) is 10.4 Å². The van der Waals surface area contributed by atoms with Gasteiger partial charge in [-0.05, 0) is 43.3 Å². The molecule has 7 heteroatoms. The topological polar surface area (TPSA) is 56.2 Å². The van der Waals surface area contributed by atoms with Gasteiger partial charge in [-0.2, -0.15) is 5.10 Å². The van der Waals surface area contributed by atoms with Crippen LogP contribution in [0.5, 0.6) is 5.75 Å². The van der Waals surface area contributed by atoms with Crippen LogP contribution in [0.4, 0.5) is 4.39 Å². The first-order valence-corrected chi connectivity index (χ1v) is 10.2. The standard InChI is InChI=1S/C22H18FN3O2S/c1-13-17-12-20(29-22(17)26(25-13)15-8-6-14(23)7-9-15)21(27)24-18-10-11-28-19-5-3-2-4-16(18)19/h2-9,12,18H,10-11H2,1H3,(H,24,27). The number of carbonyl (C=O) groups is 1. The molecule has 29 heavy (non-hydrogen) atoms. The highest BCUT2D eigenvalue weighted by Crippen LogP contribution is 2.34. The van der Waals surface area contributed by atoms with Crippen LogP contribution < -0.4 is 10.1 Å². The maximum Gasteiger partial charge on any atom is 0.261 e. The molecular formula is C22H18FN3O2S. The van der Waals surface area contributed by atoms with E-state index in [0.29, 0.717) is 11.5 Å². The monoisotopic (exact) mass is 407 g/mol. The molecule has 0 spiro atoms. The lowest BCUT2D eigenvalue weighted by atomic mass is 10.0. The van der Waals surface area contributed by atoms with Gasteiger partial charge in [-0.15, -0.1) is 11.3 Å². The minimum atomic E-state index is -0.295. The molecule has 1 atom stereocenters. The number of carbonyl (C=O) groups excluding carboxylic acids is 1. The van der Waals surface area contributed by atoms with Crippen molar-refractivity contribution in [3.05, 3.63) is 76.5 Å². The molecule has 5 nitrogen and oxygen atoms in total. The number of nitrogens with one attached hydrogen (secondary N) is 1. The third kappa shape index (κ3) is 3.17. The number of rotatable bonds is 3. The molecular weight excluding hydrogens is 389 g/mol. The Morgan fingerprint density at radius 1 is 1.24 bits per heavy atom. The summed E-state index contributed by atoms with van der Waals surface area (Å²) in [7, 11) is 0. The van der Waals surface area contributed by atoms with E-state index >= 15 is 0 Å². The highest BCUT2D eigenvalue weighted by atomic mass is 32.1. The number of halogens is 1. The number of thiophene rings is 1. The molecule has 0 radical (unpaired) electrons. The molecule has 146 valence electrons. The molecule has 0 saturated heterocycles. The zero-order chi connectivity index (χ0) is 20.0. The Morgan fingerprint density at radius 3 is 2.86 bits per heavy atom. The van der Waals surface area contributed by atoms with Crippen molar-refractivity contribution in [1.82, 2.24) is 15.1 Å². The maximum absolute atomic E-state index is 13.3. The number of nitrogens with zero attached hydrogens (tertiary/aromatic N) is 2. The van der Waals surface area contributed by atoms with Crippen molar-refractivity contribution < 1.29 is 13.9 Å². The first-order chi connectivity index (χ1) is 14.1. The zero-order valence-corrected chi connectivity index (χ0v) is 16.5. The lowest BCUT2D eigenvalue weighted by Gasteiger charge is -2.26. The molecule has 2 aromatic carbocycles. The van der Waals surface area contributed by atoms with Gasteiger partial charge in [0.1, 0.15) is 16.4 Å². The molecule has 5 rings (SSSR count). The summed E-state index contributed by atoms with van der Waals surface area (Å²) < 4.78 is 20.7. The van der Waals surface area contributed by atoms with Gasteiger partial charge in [0.15, 0.2) is 0 Å². The molecule has 1 unspecified atom stereocenters. The summed E-state index contributed by atoms with van der Waals surface area (Å²) in [6, 6.07) is 15.8. The van der Waals surface area contributed by atoms with Crippen LogP contribution in [0, 0.1) is 12.7 Å². The molecule has 1 N–H and O–H groups in total. The van der Waals surface area contributed by atoms with Crippen LogP contribution in [-0.4, -0.2) is 22.3 Å². The Bertz CT molecular complexity index is 1210. The number of benzene rings is 2. The third-order valence-electron chi connectivity index (χ3n) is 5.10. The summed E-state index contributed by atoms with van der Waals surface area (Å²) in [6.45, 7) is 2.48. The molecule has 0 saturated carbocycles. The number of amides is 1. The van der Waals surface area contributed by atoms with Crippen LogP contribution in [0.1, 0.15) is 33.4 Å². The second-order valence-corrected chi connectivity index (χ2v) is 8.03. The van der Waals surface area contributed by atoms with Crippen molar-refractivity contribution in [1.29, 1.82) is 0 Å². The van der Waals surface area contributed by atoms with Crippen molar-refractivity contribution in [3.63, 3.8) is 0 Å². The number of para-hydroxylation sites is 1. The summed E-state index contributed by atoms with van der Waals surface area (Å²) >= 11 is 1.39. The lowest BCUT2D eigenvalue weighted by Crippen LogP contribution is -2.31. The van der Waals surface area contributed by atoms with Gasteiger partial charge in [-0.1, -0.05) is 18.2 Å². The highest BCUT2D eigenvalue weighted by molar-refractivity contribution is 7.20. The van der Waals surface area contributed by atoms with Gasteiger partial charge in [0.2, 0.25) is 0 Å². The Labute approximate surface area is 170 Å². The van der Waals surface area contributed by atoms with Gasteiger partial charge in [-0.25, -0.2) is 9.07 Å². The van der Waals surface area contributed by atoms with E-state index < -0.39 is 0 Å². The zero-order valence-electron chi connectivity index (χ0n) is 15.7. The van der Waals surface area contributed by atoms with E-state index in [9.17, 15) is 9.18 Å². The quantitative estimate of drug-likeness (QED) is 0.531. The fraction of sp³-hybridized carbons (Fsp3) is 0.182.